The number of nitrogens with one attached hydrogen (secondary N) is 2. The molecule has 0 aromatic rings. The van der Waals surface area contributed by atoms with Crippen LogP contribution in [0.3, 0.4) is 0 Å². The number of hydrazine groups is 1. The molecule has 0 aromatic carbocycles. The minimum Gasteiger partial charge on any atom is -0.379 e. The van der Waals surface area contributed by atoms with Gasteiger partial charge in [-0.15, -0.1) is 0 Å². The molecule has 0 aromatic heterocycles. The lowest BCUT2D eigenvalue weighted by molar-refractivity contribution is -0.132. The van der Waals surface area contributed by atoms with E-state index < -0.39 is 0 Å². The van der Waals surface area contributed by atoms with Gasteiger partial charge in [0.1, 0.15) is 6.04 Å². The van der Waals surface area contributed by atoms with E-state index in [0.717, 1.165) is 19.6 Å². The predicted molar refractivity (Wildman–Crippen MR) is 53.1 cm³/mol. The zero-order chi connectivity index (χ0) is 10.5. The molecule has 0 bridgehead atoms. The minimum atomic E-state index is -0.221. The average molecular weight is 215 g/mol. The quantitative estimate of drug-likeness (QED) is 0.577. The summed E-state index contributed by atoms with van der Waals surface area (Å²) in [6.45, 7) is 4.72. The highest BCUT2D eigenvalue weighted by atomic mass is 16.5. The average Bonchev–Trinajstić information content (AvgIpc) is 2.31. The summed E-state index contributed by atoms with van der Waals surface area (Å²) in [5, 5.41) is 5.00. The Bertz CT molecular complexity index is 213. The smallest absolute Gasteiger partial charge is 0.253 e. The third-order valence-electron chi connectivity index (χ3n) is 2.52. The van der Waals surface area contributed by atoms with Crippen molar-refractivity contribution in [1.82, 2.24) is 15.8 Å². The highest BCUT2D eigenvalue weighted by Gasteiger charge is 2.23. The summed E-state index contributed by atoms with van der Waals surface area (Å²) in [7, 11) is 0. The maximum Gasteiger partial charge on any atom is 0.253 e. The van der Waals surface area contributed by atoms with Crippen LogP contribution >= 0.6 is 0 Å². The van der Waals surface area contributed by atoms with Gasteiger partial charge in [0, 0.05) is 19.6 Å². The second-order valence-electron chi connectivity index (χ2n) is 3.66. The Kier molecular flexibility index (Phi) is 3.90. The van der Waals surface area contributed by atoms with Crippen LogP contribution in [0.2, 0.25) is 0 Å². The Morgan fingerprint density at radius 2 is 2.07 bits per heavy atom. The van der Waals surface area contributed by atoms with Crippen molar-refractivity contribution in [3.05, 3.63) is 0 Å². The number of hydrogen-bond donors (Lipinski definition) is 2. The maximum atomic E-state index is 11.7. The molecule has 1 amide bonds. The monoisotopic (exact) mass is 215 g/mol. The Morgan fingerprint density at radius 1 is 1.27 bits per heavy atom. The number of nitrogens with zero attached hydrogens (tertiary/aromatic N) is 1. The van der Waals surface area contributed by atoms with Crippen molar-refractivity contribution in [2.24, 2.45) is 0 Å². The number of ether oxygens (including phenoxy) is 2. The highest BCUT2D eigenvalue weighted by Crippen LogP contribution is 1.96. The molecule has 2 N–H and O–H groups in total. The van der Waals surface area contributed by atoms with Gasteiger partial charge in [0.15, 0.2) is 0 Å². The van der Waals surface area contributed by atoms with Gasteiger partial charge < -0.3 is 14.8 Å². The van der Waals surface area contributed by atoms with Crippen LogP contribution in [0.5, 0.6) is 0 Å². The number of hydrogen-bond acceptors (Lipinski definition) is 5. The summed E-state index contributed by atoms with van der Waals surface area (Å²) in [5.74, 6) is -0.0170. The van der Waals surface area contributed by atoms with Crippen LogP contribution in [0, 0.1) is 0 Å². The Hall–Kier alpha value is -0.690. The molecule has 2 saturated heterocycles. The number of carbonyl (C=O) groups excluding carboxylic acids is 1. The third kappa shape index (κ3) is 3.13. The maximum absolute atomic E-state index is 11.7. The van der Waals surface area contributed by atoms with E-state index in [1.165, 1.54) is 0 Å². The lowest BCUT2D eigenvalue weighted by Crippen LogP contribution is -2.57. The zero-order valence-corrected chi connectivity index (χ0v) is 8.70. The lowest BCUT2D eigenvalue weighted by Gasteiger charge is -2.30. The van der Waals surface area contributed by atoms with Crippen molar-refractivity contribution in [2.45, 2.75) is 6.04 Å². The van der Waals surface area contributed by atoms with Crippen molar-refractivity contribution < 1.29 is 14.3 Å². The molecule has 6 nitrogen and oxygen atoms in total. The van der Waals surface area contributed by atoms with Gasteiger partial charge in [-0.3, -0.25) is 10.2 Å². The molecule has 0 radical (unpaired) electrons. The molecule has 2 rings (SSSR count). The number of rotatable bonds is 2. The van der Waals surface area contributed by atoms with Gasteiger partial charge in [-0.25, -0.2) is 5.01 Å². The molecule has 6 heteroatoms. The van der Waals surface area contributed by atoms with Crippen LogP contribution in [0.4, 0.5) is 0 Å². The molecular formula is C9H17N3O3. The van der Waals surface area contributed by atoms with E-state index in [0.29, 0.717) is 26.4 Å². The summed E-state index contributed by atoms with van der Waals surface area (Å²) >= 11 is 0. The van der Waals surface area contributed by atoms with Gasteiger partial charge in [0.2, 0.25) is 0 Å². The van der Waals surface area contributed by atoms with Crippen LogP contribution in [0.25, 0.3) is 0 Å². The Balaban J connectivity index is 1.74. The topological polar surface area (TPSA) is 62.8 Å². The van der Waals surface area contributed by atoms with E-state index in [1.807, 2.05) is 5.01 Å². The molecule has 15 heavy (non-hydrogen) atoms. The first kappa shape index (κ1) is 10.8. The van der Waals surface area contributed by atoms with E-state index in [-0.39, 0.29) is 11.9 Å². The summed E-state index contributed by atoms with van der Waals surface area (Å²) in [4.78, 5) is 11.7. The van der Waals surface area contributed by atoms with Crippen molar-refractivity contribution in [3.8, 4) is 0 Å². The molecule has 2 aliphatic heterocycles. The largest absolute Gasteiger partial charge is 0.379 e. The van der Waals surface area contributed by atoms with Crippen LogP contribution in [-0.4, -0.2) is 63.0 Å². The first-order valence-corrected chi connectivity index (χ1v) is 5.30. The van der Waals surface area contributed by atoms with E-state index in [2.05, 4.69) is 10.7 Å². The number of morpholine rings is 2. The summed E-state index contributed by atoms with van der Waals surface area (Å²) in [6.07, 6.45) is 0. The van der Waals surface area contributed by atoms with E-state index in [9.17, 15) is 4.79 Å². The van der Waals surface area contributed by atoms with Crippen LogP contribution in [0.15, 0.2) is 0 Å². The van der Waals surface area contributed by atoms with Crippen LogP contribution < -0.4 is 10.7 Å². The van der Waals surface area contributed by atoms with Crippen molar-refractivity contribution in [2.75, 3.05) is 46.1 Å². The highest BCUT2D eigenvalue weighted by molar-refractivity contribution is 5.81. The van der Waals surface area contributed by atoms with Gasteiger partial charge in [-0.05, 0) is 0 Å². The second-order valence-corrected chi connectivity index (χ2v) is 3.66. The minimum absolute atomic E-state index is 0.0170. The number of carbonyl (C=O) groups is 1. The van der Waals surface area contributed by atoms with Gasteiger partial charge in [0.25, 0.3) is 5.91 Å². The van der Waals surface area contributed by atoms with E-state index >= 15 is 0 Å². The summed E-state index contributed by atoms with van der Waals surface area (Å²) in [5.41, 5.74) is 2.86. The first-order valence-electron chi connectivity index (χ1n) is 5.30. The molecule has 86 valence electrons. The van der Waals surface area contributed by atoms with E-state index in [4.69, 9.17) is 9.47 Å². The molecule has 1 unspecified atom stereocenters. The summed E-state index contributed by atoms with van der Waals surface area (Å²) < 4.78 is 10.4. The molecule has 1 atom stereocenters. The van der Waals surface area contributed by atoms with Gasteiger partial charge in [0.05, 0.1) is 26.4 Å². The molecule has 2 aliphatic rings. The first-order chi connectivity index (χ1) is 7.36. The molecule has 2 fully saturated rings. The molecule has 0 aliphatic carbocycles. The fourth-order valence-corrected chi connectivity index (χ4v) is 1.64. The van der Waals surface area contributed by atoms with Crippen molar-refractivity contribution in [3.63, 3.8) is 0 Å². The second kappa shape index (κ2) is 5.41. The lowest BCUT2D eigenvalue weighted by atomic mass is 10.2. The number of amides is 1. The third-order valence-corrected chi connectivity index (χ3v) is 2.52. The molecule has 0 spiro atoms. The van der Waals surface area contributed by atoms with Gasteiger partial charge in [-0.1, -0.05) is 0 Å². The van der Waals surface area contributed by atoms with Gasteiger partial charge >= 0.3 is 0 Å². The summed E-state index contributed by atoms with van der Waals surface area (Å²) in [6, 6.07) is -0.221. The van der Waals surface area contributed by atoms with Crippen molar-refractivity contribution in [1.29, 1.82) is 0 Å². The standard InChI is InChI=1S/C9H17N3O3/c13-9(8-7-15-4-1-10-8)11-12-2-5-14-6-3-12/h8,10H,1-7H2,(H,11,13). The molecular weight excluding hydrogens is 198 g/mol. The van der Waals surface area contributed by atoms with Crippen LogP contribution in [-0.2, 0) is 14.3 Å². The fourth-order valence-electron chi connectivity index (χ4n) is 1.64. The SMILES string of the molecule is O=C(NN1CCOCC1)C1COCCN1. The molecule has 2 heterocycles. The fraction of sp³-hybridized carbons (Fsp3) is 0.889. The van der Waals surface area contributed by atoms with Crippen molar-refractivity contribution >= 4 is 5.91 Å². The Labute approximate surface area is 88.9 Å². The predicted octanol–water partition coefficient (Wildman–Crippen LogP) is -1.66. The normalized spacial score (nSPS) is 28.7. The van der Waals surface area contributed by atoms with Crippen LogP contribution in [0.1, 0.15) is 0 Å². The van der Waals surface area contributed by atoms with Gasteiger partial charge in [-0.2, -0.15) is 0 Å². The van der Waals surface area contributed by atoms with E-state index in [1.54, 1.807) is 0 Å². The zero-order valence-electron chi connectivity index (χ0n) is 8.70. The molecule has 0 saturated carbocycles. The Morgan fingerprint density at radius 3 is 2.73 bits per heavy atom.